The topological polar surface area (TPSA) is 38.8 Å². The zero-order valence-electron chi connectivity index (χ0n) is 11.3. The van der Waals surface area contributed by atoms with Crippen LogP contribution >= 0.6 is 0 Å². The Bertz CT molecular complexity index is 231. The van der Waals surface area contributed by atoms with Crippen molar-refractivity contribution in [1.82, 2.24) is 4.90 Å². The Kier molecular flexibility index (Phi) is 6.52. The quantitative estimate of drug-likeness (QED) is 0.666. The van der Waals surface area contributed by atoms with E-state index in [1.807, 2.05) is 25.7 Å². The van der Waals surface area contributed by atoms with Gasteiger partial charge in [-0.1, -0.05) is 13.8 Å². The molecule has 4 nitrogen and oxygen atoms in total. The standard InChI is InChI=1S/C13H25NO3/c1-4-16-8-9-17-12-6-5-7-14(10-12)13(15)11(2)3/h11-12H,4-10H2,1-3H3. The molecular formula is C13H25NO3. The predicted octanol–water partition coefficient (Wildman–Crippen LogP) is 1.69. The van der Waals surface area contributed by atoms with Crippen molar-refractivity contribution in [2.75, 3.05) is 32.9 Å². The highest BCUT2D eigenvalue weighted by Gasteiger charge is 2.25. The minimum Gasteiger partial charge on any atom is -0.379 e. The molecule has 0 saturated carbocycles. The van der Waals surface area contributed by atoms with Crippen LogP contribution < -0.4 is 0 Å². The Hall–Kier alpha value is -0.610. The van der Waals surface area contributed by atoms with E-state index in [1.165, 1.54) is 0 Å². The zero-order chi connectivity index (χ0) is 12.7. The Morgan fingerprint density at radius 1 is 1.41 bits per heavy atom. The summed E-state index contributed by atoms with van der Waals surface area (Å²) in [5.74, 6) is 0.320. The van der Waals surface area contributed by atoms with Crippen molar-refractivity contribution in [3.8, 4) is 0 Å². The summed E-state index contributed by atoms with van der Waals surface area (Å²) in [6.07, 6.45) is 2.28. The summed E-state index contributed by atoms with van der Waals surface area (Å²) < 4.78 is 11.0. The summed E-state index contributed by atoms with van der Waals surface area (Å²) in [5.41, 5.74) is 0. The van der Waals surface area contributed by atoms with Crippen molar-refractivity contribution in [2.24, 2.45) is 5.92 Å². The second kappa shape index (κ2) is 7.67. The number of ether oxygens (including phenoxy) is 2. The van der Waals surface area contributed by atoms with Gasteiger partial charge in [0.25, 0.3) is 0 Å². The maximum atomic E-state index is 11.9. The first kappa shape index (κ1) is 14.5. The number of rotatable bonds is 6. The van der Waals surface area contributed by atoms with E-state index in [4.69, 9.17) is 9.47 Å². The second-order valence-corrected chi connectivity index (χ2v) is 4.77. The third-order valence-electron chi connectivity index (χ3n) is 2.97. The summed E-state index contributed by atoms with van der Waals surface area (Å²) in [6.45, 7) is 9.48. The van der Waals surface area contributed by atoms with E-state index < -0.39 is 0 Å². The average molecular weight is 243 g/mol. The third-order valence-corrected chi connectivity index (χ3v) is 2.97. The molecule has 0 aromatic heterocycles. The highest BCUT2D eigenvalue weighted by molar-refractivity contribution is 5.78. The van der Waals surface area contributed by atoms with Crippen LogP contribution in [0.5, 0.6) is 0 Å². The highest BCUT2D eigenvalue weighted by Crippen LogP contribution is 2.15. The van der Waals surface area contributed by atoms with Crippen LogP contribution in [0.4, 0.5) is 0 Å². The Morgan fingerprint density at radius 2 is 2.18 bits per heavy atom. The molecule has 17 heavy (non-hydrogen) atoms. The number of carbonyl (C=O) groups excluding carboxylic acids is 1. The summed E-state index contributed by atoms with van der Waals surface area (Å²) in [5, 5.41) is 0. The van der Waals surface area contributed by atoms with Gasteiger partial charge in [0.1, 0.15) is 0 Å². The second-order valence-electron chi connectivity index (χ2n) is 4.77. The van der Waals surface area contributed by atoms with Crippen LogP contribution in [0.1, 0.15) is 33.6 Å². The van der Waals surface area contributed by atoms with Gasteiger partial charge in [-0.3, -0.25) is 4.79 Å². The van der Waals surface area contributed by atoms with Crippen molar-refractivity contribution in [2.45, 2.75) is 39.7 Å². The van der Waals surface area contributed by atoms with E-state index in [-0.39, 0.29) is 17.9 Å². The van der Waals surface area contributed by atoms with E-state index in [2.05, 4.69) is 0 Å². The maximum absolute atomic E-state index is 11.9. The van der Waals surface area contributed by atoms with Crippen molar-refractivity contribution in [1.29, 1.82) is 0 Å². The van der Waals surface area contributed by atoms with E-state index in [0.29, 0.717) is 13.2 Å². The van der Waals surface area contributed by atoms with E-state index in [1.54, 1.807) is 0 Å². The SMILES string of the molecule is CCOCCOC1CCCN(C(=O)C(C)C)C1. The first-order chi connectivity index (χ1) is 8.15. The third kappa shape index (κ3) is 5.04. The number of likely N-dealkylation sites (tertiary alicyclic amines) is 1. The van der Waals surface area contributed by atoms with Gasteiger partial charge in [-0.15, -0.1) is 0 Å². The van der Waals surface area contributed by atoms with Crippen LogP contribution in [-0.2, 0) is 14.3 Å². The van der Waals surface area contributed by atoms with E-state index in [0.717, 1.165) is 32.5 Å². The molecule has 1 rings (SSSR count). The molecule has 100 valence electrons. The molecule has 1 heterocycles. The van der Waals surface area contributed by atoms with Crippen LogP contribution in [0.2, 0.25) is 0 Å². The lowest BCUT2D eigenvalue weighted by Crippen LogP contribution is -2.45. The van der Waals surface area contributed by atoms with Crippen LogP contribution in [0.25, 0.3) is 0 Å². The minimum atomic E-state index is 0.0807. The first-order valence-corrected chi connectivity index (χ1v) is 6.63. The summed E-state index contributed by atoms with van der Waals surface area (Å²) in [7, 11) is 0. The number of piperidine rings is 1. The fourth-order valence-electron chi connectivity index (χ4n) is 2.06. The van der Waals surface area contributed by atoms with Crippen molar-refractivity contribution in [3.05, 3.63) is 0 Å². The first-order valence-electron chi connectivity index (χ1n) is 6.63. The molecule has 0 aliphatic carbocycles. The molecule has 0 aromatic rings. The average Bonchev–Trinajstić information content (AvgIpc) is 2.34. The molecule has 4 heteroatoms. The van der Waals surface area contributed by atoms with Crippen molar-refractivity contribution < 1.29 is 14.3 Å². The fraction of sp³-hybridized carbons (Fsp3) is 0.923. The van der Waals surface area contributed by atoms with Crippen molar-refractivity contribution >= 4 is 5.91 Å². The minimum absolute atomic E-state index is 0.0807. The van der Waals surface area contributed by atoms with Gasteiger partial charge in [0.15, 0.2) is 0 Å². The van der Waals surface area contributed by atoms with Gasteiger partial charge in [-0.25, -0.2) is 0 Å². The molecule has 1 unspecified atom stereocenters. The summed E-state index contributed by atoms with van der Waals surface area (Å²) >= 11 is 0. The lowest BCUT2D eigenvalue weighted by Gasteiger charge is -2.33. The lowest BCUT2D eigenvalue weighted by molar-refractivity contribution is -0.138. The number of nitrogens with zero attached hydrogens (tertiary/aromatic N) is 1. The molecule has 0 N–H and O–H groups in total. The monoisotopic (exact) mass is 243 g/mol. The van der Waals surface area contributed by atoms with Crippen LogP contribution in [0.15, 0.2) is 0 Å². The maximum Gasteiger partial charge on any atom is 0.225 e. The Labute approximate surface area is 104 Å². The summed E-state index contributed by atoms with van der Waals surface area (Å²) in [4.78, 5) is 13.8. The zero-order valence-corrected chi connectivity index (χ0v) is 11.3. The molecule has 1 aliphatic rings. The number of hydrogen-bond acceptors (Lipinski definition) is 3. The number of amides is 1. The molecule has 1 amide bonds. The summed E-state index contributed by atoms with van der Waals surface area (Å²) in [6, 6.07) is 0. The largest absolute Gasteiger partial charge is 0.379 e. The fourth-order valence-corrected chi connectivity index (χ4v) is 2.06. The van der Waals surface area contributed by atoms with Gasteiger partial charge in [0.2, 0.25) is 5.91 Å². The van der Waals surface area contributed by atoms with Gasteiger partial charge < -0.3 is 14.4 Å². The molecule has 0 radical (unpaired) electrons. The van der Waals surface area contributed by atoms with E-state index >= 15 is 0 Å². The highest BCUT2D eigenvalue weighted by atomic mass is 16.5. The molecule has 0 bridgehead atoms. The lowest BCUT2D eigenvalue weighted by atomic mass is 10.1. The molecule has 1 aliphatic heterocycles. The Balaban J connectivity index is 2.26. The van der Waals surface area contributed by atoms with Crippen LogP contribution in [0.3, 0.4) is 0 Å². The van der Waals surface area contributed by atoms with Gasteiger partial charge in [-0.05, 0) is 19.8 Å². The van der Waals surface area contributed by atoms with Gasteiger partial charge in [0.05, 0.1) is 19.3 Å². The normalized spacial score (nSPS) is 20.9. The van der Waals surface area contributed by atoms with Crippen LogP contribution in [0, 0.1) is 5.92 Å². The molecule has 1 saturated heterocycles. The predicted molar refractivity (Wildman–Crippen MR) is 66.9 cm³/mol. The van der Waals surface area contributed by atoms with Gasteiger partial charge in [-0.2, -0.15) is 0 Å². The number of carbonyl (C=O) groups is 1. The number of hydrogen-bond donors (Lipinski definition) is 0. The molecule has 1 atom stereocenters. The van der Waals surface area contributed by atoms with Crippen LogP contribution in [-0.4, -0.2) is 49.8 Å². The molecule has 0 aromatic carbocycles. The van der Waals surface area contributed by atoms with Gasteiger partial charge in [0, 0.05) is 25.6 Å². The van der Waals surface area contributed by atoms with Gasteiger partial charge >= 0.3 is 0 Å². The van der Waals surface area contributed by atoms with E-state index in [9.17, 15) is 4.79 Å². The van der Waals surface area contributed by atoms with Crippen molar-refractivity contribution in [3.63, 3.8) is 0 Å². The Morgan fingerprint density at radius 3 is 2.82 bits per heavy atom. The molecular weight excluding hydrogens is 218 g/mol. The molecule has 0 spiro atoms. The molecule has 1 fully saturated rings. The smallest absolute Gasteiger partial charge is 0.225 e.